The van der Waals surface area contributed by atoms with Crippen LogP contribution in [0.5, 0.6) is 0 Å². The standard InChI is InChI=1S/C20H29N3O5/c1-4-21-19(26)17(24)15(11-10-14-8-6-5-7-9-14)22-18(25)16(12-13(2)3)23-20(27)28/h5-9,13,15-16,23H,4,10-12H2,1-3H3,(H,21,26)(H,22,25)(H,27,28)/t15-,16-/m0/s1. The van der Waals surface area contributed by atoms with Crippen LogP contribution in [-0.2, 0) is 20.8 Å². The molecule has 154 valence electrons. The van der Waals surface area contributed by atoms with Crippen LogP contribution in [0.1, 0.15) is 39.2 Å². The molecule has 0 spiro atoms. The molecule has 0 bridgehead atoms. The van der Waals surface area contributed by atoms with Crippen LogP contribution in [0.3, 0.4) is 0 Å². The molecule has 28 heavy (non-hydrogen) atoms. The van der Waals surface area contributed by atoms with Gasteiger partial charge in [-0.1, -0.05) is 44.2 Å². The number of benzene rings is 1. The third kappa shape index (κ3) is 8.20. The first-order chi connectivity index (χ1) is 13.2. The molecule has 4 N–H and O–H groups in total. The van der Waals surface area contributed by atoms with Gasteiger partial charge in [0.25, 0.3) is 5.91 Å². The van der Waals surface area contributed by atoms with Gasteiger partial charge in [-0.3, -0.25) is 14.4 Å². The second kappa shape index (κ2) is 11.7. The van der Waals surface area contributed by atoms with Crippen molar-refractivity contribution in [2.45, 2.75) is 52.1 Å². The molecule has 0 aliphatic rings. The van der Waals surface area contributed by atoms with E-state index < -0.39 is 35.8 Å². The molecule has 0 aromatic heterocycles. The summed E-state index contributed by atoms with van der Waals surface area (Å²) >= 11 is 0. The topological polar surface area (TPSA) is 125 Å². The Morgan fingerprint density at radius 1 is 1.00 bits per heavy atom. The van der Waals surface area contributed by atoms with Crippen LogP contribution in [0.15, 0.2) is 30.3 Å². The minimum absolute atomic E-state index is 0.0597. The first-order valence-corrected chi connectivity index (χ1v) is 9.40. The molecule has 0 fully saturated rings. The number of carbonyl (C=O) groups excluding carboxylic acids is 3. The number of amides is 3. The summed E-state index contributed by atoms with van der Waals surface area (Å²) in [5.74, 6) is -2.08. The van der Waals surface area contributed by atoms with Crippen molar-refractivity contribution in [3.63, 3.8) is 0 Å². The zero-order valence-corrected chi connectivity index (χ0v) is 16.5. The lowest BCUT2D eigenvalue weighted by Crippen LogP contribution is -2.54. The largest absolute Gasteiger partial charge is 0.465 e. The maximum atomic E-state index is 12.6. The second-order valence-corrected chi connectivity index (χ2v) is 6.94. The number of likely N-dealkylation sites (N-methyl/N-ethyl adjacent to an activating group) is 1. The molecule has 8 heteroatoms. The molecule has 3 amide bonds. The Hall–Kier alpha value is -2.90. The minimum atomic E-state index is -1.32. The van der Waals surface area contributed by atoms with Gasteiger partial charge < -0.3 is 21.1 Å². The summed E-state index contributed by atoms with van der Waals surface area (Å²) in [5.41, 5.74) is 0.966. The second-order valence-electron chi connectivity index (χ2n) is 6.94. The summed E-state index contributed by atoms with van der Waals surface area (Å²) < 4.78 is 0. The zero-order valence-electron chi connectivity index (χ0n) is 16.5. The number of carbonyl (C=O) groups is 4. The molecule has 0 saturated carbocycles. The van der Waals surface area contributed by atoms with Gasteiger partial charge in [-0.25, -0.2) is 4.79 Å². The fourth-order valence-electron chi connectivity index (χ4n) is 2.75. The molecule has 8 nitrogen and oxygen atoms in total. The summed E-state index contributed by atoms with van der Waals surface area (Å²) in [7, 11) is 0. The summed E-state index contributed by atoms with van der Waals surface area (Å²) in [6.45, 7) is 5.70. The van der Waals surface area contributed by atoms with Crippen LogP contribution >= 0.6 is 0 Å². The van der Waals surface area contributed by atoms with Gasteiger partial charge >= 0.3 is 6.09 Å². The third-order valence-electron chi connectivity index (χ3n) is 4.08. The van der Waals surface area contributed by atoms with Crippen molar-refractivity contribution >= 4 is 23.7 Å². The van der Waals surface area contributed by atoms with Gasteiger partial charge in [-0.2, -0.15) is 0 Å². The van der Waals surface area contributed by atoms with Crippen LogP contribution in [0, 0.1) is 5.92 Å². The van der Waals surface area contributed by atoms with E-state index in [4.69, 9.17) is 5.11 Å². The lowest BCUT2D eigenvalue weighted by molar-refractivity contribution is -0.140. The predicted octanol–water partition coefficient (Wildman–Crippen LogP) is 1.49. The maximum Gasteiger partial charge on any atom is 0.405 e. The quantitative estimate of drug-likeness (QED) is 0.425. The van der Waals surface area contributed by atoms with E-state index in [2.05, 4.69) is 16.0 Å². The smallest absolute Gasteiger partial charge is 0.405 e. The fraction of sp³-hybridized carbons (Fsp3) is 0.500. The van der Waals surface area contributed by atoms with Crippen molar-refractivity contribution in [3.05, 3.63) is 35.9 Å². The first-order valence-electron chi connectivity index (χ1n) is 9.40. The first kappa shape index (κ1) is 23.1. The van der Waals surface area contributed by atoms with E-state index in [9.17, 15) is 19.2 Å². The van der Waals surface area contributed by atoms with Gasteiger partial charge in [-0.05, 0) is 37.7 Å². The Morgan fingerprint density at radius 3 is 2.18 bits per heavy atom. The molecule has 0 aliphatic heterocycles. The van der Waals surface area contributed by atoms with E-state index in [1.165, 1.54) is 0 Å². The van der Waals surface area contributed by atoms with Gasteiger partial charge in [0.2, 0.25) is 11.7 Å². The number of nitrogens with one attached hydrogen (secondary N) is 3. The Balaban J connectivity index is 2.91. The van der Waals surface area contributed by atoms with Crippen LogP contribution in [0.2, 0.25) is 0 Å². The van der Waals surface area contributed by atoms with E-state index in [0.717, 1.165) is 5.56 Å². The number of hydrogen-bond donors (Lipinski definition) is 4. The molecule has 1 rings (SSSR count). The SMILES string of the molecule is CCNC(=O)C(=O)[C@H](CCc1ccccc1)NC(=O)[C@H](CC(C)C)NC(=O)O. The zero-order chi connectivity index (χ0) is 21.1. The molecule has 0 heterocycles. The Kier molecular flexibility index (Phi) is 9.70. The van der Waals surface area contributed by atoms with Crippen LogP contribution in [0.4, 0.5) is 4.79 Å². The van der Waals surface area contributed by atoms with Crippen molar-refractivity contribution in [1.29, 1.82) is 0 Å². The molecule has 2 atom stereocenters. The molecule has 1 aromatic rings. The molecular formula is C20H29N3O5. The minimum Gasteiger partial charge on any atom is -0.465 e. The van der Waals surface area contributed by atoms with E-state index in [-0.39, 0.29) is 18.8 Å². The van der Waals surface area contributed by atoms with Gasteiger partial charge in [0.15, 0.2) is 0 Å². The molecule has 0 aliphatic carbocycles. The predicted molar refractivity (Wildman–Crippen MR) is 105 cm³/mol. The van der Waals surface area contributed by atoms with Gasteiger partial charge in [0.1, 0.15) is 6.04 Å². The third-order valence-corrected chi connectivity index (χ3v) is 4.08. The van der Waals surface area contributed by atoms with Crippen molar-refractivity contribution in [1.82, 2.24) is 16.0 Å². The highest BCUT2D eigenvalue weighted by Crippen LogP contribution is 2.09. The monoisotopic (exact) mass is 391 g/mol. The number of ketones is 1. The van der Waals surface area contributed by atoms with E-state index >= 15 is 0 Å². The summed E-state index contributed by atoms with van der Waals surface area (Å²) in [6, 6.07) is 7.35. The summed E-state index contributed by atoms with van der Waals surface area (Å²) in [6.07, 6.45) is -0.332. The summed E-state index contributed by atoms with van der Waals surface area (Å²) in [5, 5.41) is 16.2. The van der Waals surface area contributed by atoms with Gasteiger partial charge in [0, 0.05) is 6.54 Å². The Morgan fingerprint density at radius 2 is 1.64 bits per heavy atom. The number of hydrogen-bond acceptors (Lipinski definition) is 4. The van der Waals surface area contributed by atoms with Crippen molar-refractivity contribution in [3.8, 4) is 0 Å². The lowest BCUT2D eigenvalue weighted by Gasteiger charge is -2.23. The van der Waals surface area contributed by atoms with Crippen LogP contribution in [0.25, 0.3) is 0 Å². The van der Waals surface area contributed by atoms with Gasteiger partial charge in [0.05, 0.1) is 6.04 Å². The van der Waals surface area contributed by atoms with Crippen LogP contribution < -0.4 is 16.0 Å². The van der Waals surface area contributed by atoms with Crippen molar-refractivity contribution in [2.75, 3.05) is 6.54 Å². The number of rotatable bonds is 11. The van der Waals surface area contributed by atoms with Crippen LogP contribution in [-0.4, -0.2) is 47.4 Å². The normalized spacial score (nSPS) is 12.7. The molecule has 0 unspecified atom stereocenters. The maximum absolute atomic E-state index is 12.6. The number of carboxylic acid groups (broad SMARTS) is 1. The van der Waals surface area contributed by atoms with Gasteiger partial charge in [-0.15, -0.1) is 0 Å². The average molecular weight is 391 g/mol. The molecule has 0 saturated heterocycles. The van der Waals surface area contributed by atoms with Crippen molar-refractivity contribution < 1.29 is 24.3 Å². The number of aryl methyl sites for hydroxylation is 1. The fourth-order valence-corrected chi connectivity index (χ4v) is 2.75. The van der Waals surface area contributed by atoms with E-state index in [1.54, 1.807) is 6.92 Å². The van der Waals surface area contributed by atoms with Crippen molar-refractivity contribution in [2.24, 2.45) is 5.92 Å². The molecule has 1 aromatic carbocycles. The lowest BCUT2D eigenvalue weighted by atomic mass is 9.99. The average Bonchev–Trinajstić information content (AvgIpc) is 2.64. The highest BCUT2D eigenvalue weighted by molar-refractivity contribution is 6.38. The molecule has 0 radical (unpaired) electrons. The summed E-state index contributed by atoms with van der Waals surface area (Å²) in [4.78, 5) is 48.1. The van der Waals surface area contributed by atoms with E-state index in [0.29, 0.717) is 13.0 Å². The molecular weight excluding hydrogens is 362 g/mol. The van der Waals surface area contributed by atoms with E-state index in [1.807, 2.05) is 44.2 Å². The Labute approximate surface area is 165 Å². The highest BCUT2D eigenvalue weighted by atomic mass is 16.4. The highest BCUT2D eigenvalue weighted by Gasteiger charge is 2.30. The number of Topliss-reactive ketones (excluding diaryl/α,β-unsaturated/α-hetero) is 1. The Bertz CT molecular complexity index is 676.